The van der Waals surface area contributed by atoms with Crippen molar-refractivity contribution in [2.75, 3.05) is 13.7 Å². The first-order valence-electron chi connectivity index (χ1n) is 8.16. The van der Waals surface area contributed by atoms with E-state index in [4.69, 9.17) is 15.9 Å². The van der Waals surface area contributed by atoms with Gasteiger partial charge >= 0.3 is 0 Å². The van der Waals surface area contributed by atoms with E-state index in [1.165, 1.54) is 11.8 Å². The molecule has 0 bridgehead atoms. The molecule has 0 unspecified atom stereocenters. The Morgan fingerprint density at radius 3 is 2.73 bits per heavy atom. The zero-order valence-corrected chi connectivity index (χ0v) is 15.2. The minimum atomic E-state index is -0.196. The Bertz CT molecular complexity index is 851. The zero-order chi connectivity index (χ0) is 18.9. The molecule has 2 aromatic carbocycles. The van der Waals surface area contributed by atoms with Crippen LogP contribution >= 0.6 is 0 Å². The number of hydrazone groups is 1. The number of hydrogen-bond acceptors (Lipinski definition) is 4. The van der Waals surface area contributed by atoms with Crippen molar-refractivity contribution in [3.05, 3.63) is 58.7 Å². The highest BCUT2D eigenvalue weighted by atomic mass is 16.5. The summed E-state index contributed by atoms with van der Waals surface area (Å²) >= 11 is 0. The molecule has 0 heterocycles. The van der Waals surface area contributed by atoms with Gasteiger partial charge in [-0.05, 0) is 48.7 Å². The number of nitrogens with one attached hydrogen (secondary N) is 1. The van der Waals surface area contributed by atoms with Gasteiger partial charge in [0.2, 0.25) is 5.91 Å². The molecule has 5 nitrogen and oxygen atoms in total. The number of carbonyl (C=O) groups excluding carboxylic acids is 1. The number of benzene rings is 2. The molecular weight excluding hydrogens is 328 g/mol. The van der Waals surface area contributed by atoms with E-state index >= 15 is 0 Å². The van der Waals surface area contributed by atoms with Crippen molar-refractivity contribution < 1.29 is 14.3 Å². The fourth-order valence-electron chi connectivity index (χ4n) is 2.32. The molecule has 0 spiro atoms. The molecule has 0 radical (unpaired) electrons. The standard InChI is InChI=1S/C21H22N2O3/c1-5-10-26-20-9-8-19(25-4)13-18(20)14-22-23-21(24)12-17-7-6-15(2)16(3)11-17/h1,6-9,11,13-14H,10,12H2,2-4H3,(H,23,24). The summed E-state index contributed by atoms with van der Waals surface area (Å²) < 4.78 is 10.7. The Hall–Kier alpha value is -3.26. The van der Waals surface area contributed by atoms with Crippen LogP contribution < -0.4 is 14.9 Å². The van der Waals surface area contributed by atoms with Crippen LogP contribution in [-0.4, -0.2) is 25.8 Å². The van der Waals surface area contributed by atoms with Crippen LogP contribution in [-0.2, 0) is 11.2 Å². The molecule has 0 aliphatic carbocycles. The minimum absolute atomic E-state index is 0.145. The molecule has 0 aliphatic rings. The monoisotopic (exact) mass is 350 g/mol. The van der Waals surface area contributed by atoms with Crippen molar-refractivity contribution in [1.29, 1.82) is 0 Å². The van der Waals surface area contributed by atoms with Gasteiger partial charge < -0.3 is 9.47 Å². The van der Waals surface area contributed by atoms with Gasteiger partial charge in [0, 0.05) is 5.56 Å². The predicted octanol–water partition coefficient (Wildman–Crippen LogP) is 3.02. The van der Waals surface area contributed by atoms with Crippen molar-refractivity contribution in [2.24, 2.45) is 5.10 Å². The fraction of sp³-hybridized carbons (Fsp3) is 0.238. The topological polar surface area (TPSA) is 59.9 Å². The molecule has 2 aromatic rings. The van der Waals surface area contributed by atoms with Gasteiger partial charge in [-0.1, -0.05) is 24.1 Å². The molecule has 1 amide bonds. The summed E-state index contributed by atoms with van der Waals surface area (Å²) in [4.78, 5) is 12.1. The lowest BCUT2D eigenvalue weighted by molar-refractivity contribution is -0.120. The summed E-state index contributed by atoms with van der Waals surface area (Å²) in [5.41, 5.74) is 6.49. The van der Waals surface area contributed by atoms with Crippen molar-refractivity contribution in [2.45, 2.75) is 20.3 Å². The van der Waals surface area contributed by atoms with E-state index in [1.54, 1.807) is 25.3 Å². The van der Waals surface area contributed by atoms with Gasteiger partial charge in [0.1, 0.15) is 18.1 Å². The second-order valence-electron chi connectivity index (χ2n) is 5.79. The maximum Gasteiger partial charge on any atom is 0.244 e. The van der Waals surface area contributed by atoms with Crippen LogP contribution in [0.4, 0.5) is 0 Å². The summed E-state index contributed by atoms with van der Waals surface area (Å²) in [6.45, 7) is 4.21. The number of aryl methyl sites for hydroxylation is 2. The molecule has 0 aromatic heterocycles. The lowest BCUT2D eigenvalue weighted by Gasteiger charge is -2.08. The third kappa shape index (κ3) is 5.38. The summed E-state index contributed by atoms with van der Waals surface area (Å²) in [6, 6.07) is 11.2. The average Bonchev–Trinajstić information content (AvgIpc) is 2.63. The number of carbonyl (C=O) groups is 1. The first-order chi connectivity index (χ1) is 12.5. The van der Waals surface area contributed by atoms with Gasteiger partial charge in [-0.2, -0.15) is 5.10 Å². The Balaban J connectivity index is 2.03. The first-order valence-corrected chi connectivity index (χ1v) is 8.16. The average molecular weight is 350 g/mol. The van der Waals surface area contributed by atoms with Gasteiger partial charge in [-0.3, -0.25) is 4.79 Å². The molecule has 1 N–H and O–H groups in total. The summed E-state index contributed by atoms with van der Waals surface area (Å²) in [5.74, 6) is 3.44. The Morgan fingerprint density at radius 1 is 1.23 bits per heavy atom. The van der Waals surface area contributed by atoms with Crippen LogP contribution in [0, 0.1) is 26.2 Å². The zero-order valence-electron chi connectivity index (χ0n) is 15.2. The highest BCUT2D eigenvalue weighted by molar-refractivity contribution is 5.86. The van der Waals surface area contributed by atoms with E-state index in [-0.39, 0.29) is 18.9 Å². The largest absolute Gasteiger partial charge is 0.497 e. The molecule has 134 valence electrons. The van der Waals surface area contributed by atoms with Crippen molar-refractivity contribution in [3.63, 3.8) is 0 Å². The van der Waals surface area contributed by atoms with Crippen LogP contribution in [0.2, 0.25) is 0 Å². The van der Waals surface area contributed by atoms with E-state index in [1.807, 2.05) is 32.0 Å². The number of methoxy groups -OCH3 is 1. The number of nitrogens with zero attached hydrogens (tertiary/aromatic N) is 1. The molecule has 0 saturated heterocycles. The van der Waals surface area contributed by atoms with Crippen LogP contribution in [0.1, 0.15) is 22.3 Å². The maximum absolute atomic E-state index is 12.1. The van der Waals surface area contributed by atoms with Crippen LogP contribution in [0.5, 0.6) is 11.5 Å². The van der Waals surface area contributed by atoms with Crippen molar-refractivity contribution in [1.82, 2.24) is 5.43 Å². The molecule has 0 atom stereocenters. The van der Waals surface area contributed by atoms with Crippen LogP contribution in [0.3, 0.4) is 0 Å². The first kappa shape index (κ1) is 19.1. The molecule has 26 heavy (non-hydrogen) atoms. The summed E-state index contributed by atoms with van der Waals surface area (Å²) in [7, 11) is 1.57. The fourth-order valence-corrected chi connectivity index (χ4v) is 2.32. The molecule has 5 heteroatoms. The minimum Gasteiger partial charge on any atom is -0.497 e. The molecule has 0 fully saturated rings. The Labute approximate surface area is 154 Å². The lowest BCUT2D eigenvalue weighted by atomic mass is 10.0. The van der Waals surface area contributed by atoms with Crippen LogP contribution in [0.15, 0.2) is 41.5 Å². The highest BCUT2D eigenvalue weighted by Gasteiger charge is 2.06. The maximum atomic E-state index is 12.1. The molecule has 2 rings (SSSR count). The van der Waals surface area contributed by atoms with E-state index < -0.39 is 0 Å². The molecule has 0 saturated carbocycles. The van der Waals surface area contributed by atoms with Gasteiger partial charge in [0.05, 0.1) is 19.7 Å². The van der Waals surface area contributed by atoms with Gasteiger partial charge in [-0.15, -0.1) is 6.42 Å². The van der Waals surface area contributed by atoms with Gasteiger partial charge in [0.25, 0.3) is 0 Å². The second kappa shape index (κ2) is 9.28. The van der Waals surface area contributed by atoms with E-state index in [0.717, 1.165) is 11.1 Å². The number of ether oxygens (including phenoxy) is 2. The third-order valence-corrected chi connectivity index (χ3v) is 3.86. The number of terminal acetylenes is 1. The van der Waals surface area contributed by atoms with Gasteiger partial charge in [0.15, 0.2) is 0 Å². The Morgan fingerprint density at radius 2 is 2.04 bits per heavy atom. The SMILES string of the molecule is C#CCOc1ccc(OC)cc1C=NNC(=O)Cc1ccc(C)c(C)c1. The second-order valence-corrected chi connectivity index (χ2v) is 5.79. The smallest absolute Gasteiger partial charge is 0.244 e. The van der Waals surface area contributed by atoms with Gasteiger partial charge in [-0.25, -0.2) is 5.43 Å². The van der Waals surface area contributed by atoms with E-state index in [9.17, 15) is 4.79 Å². The number of hydrogen-bond donors (Lipinski definition) is 1. The summed E-state index contributed by atoms with van der Waals surface area (Å²) in [5, 5.41) is 4.01. The summed E-state index contributed by atoms with van der Waals surface area (Å²) in [6.07, 6.45) is 6.99. The Kier molecular flexibility index (Phi) is 6.81. The molecule has 0 aliphatic heterocycles. The van der Waals surface area contributed by atoms with Crippen LogP contribution in [0.25, 0.3) is 0 Å². The predicted molar refractivity (Wildman–Crippen MR) is 103 cm³/mol. The lowest BCUT2D eigenvalue weighted by Crippen LogP contribution is -2.19. The van der Waals surface area contributed by atoms with Crippen molar-refractivity contribution >= 4 is 12.1 Å². The molecular formula is C21H22N2O3. The number of amides is 1. The number of rotatable bonds is 7. The quantitative estimate of drug-likeness (QED) is 0.474. The normalized spacial score (nSPS) is 10.4. The van der Waals surface area contributed by atoms with E-state index in [0.29, 0.717) is 17.1 Å². The van der Waals surface area contributed by atoms with E-state index in [2.05, 4.69) is 16.4 Å². The third-order valence-electron chi connectivity index (χ3n) is 3.86. The highest BCUT2D eigenvalue weighted by Crippen LogP contribution is 2.22. The van der Waals surface area contributed by atoms with Crippen molar-refractivity contribution in [3.8, 4) is 23.8 Å².